The first-order valence-electron chi connectivity index (χ1n) is 5.49. The van der Waals surface area contributed by atoms with Crippen LogP contribution < -0.4 is 10.9 Å². The van der Waals surface area contributed by atoms with Gasteiger partial charge in [-0.1, -0.05) is 17.5 Å². The monoisotopic (exact) mass is 250 g/mol. The smallest absolute Gasteiger partial charge is 0.266 e. The average molecular weight is 250 g/mol. The molecule has 0 radical (unpaired) electrons. The van der Waals surface area contributed by atoms with Gasteiger partial charge in [0.1, 0.15) is 5.52 Å². The summed E-state index contributed by atoms with van der Waals surface area (Å²) in [6, 6.07) is 5.67. The number of hydrogen-bond donors (Lipinski definition) is 2. The highest BCUT2D eigenvalue weighted by molar-refractivity contribution is 7.13. The Morgan fingerprint density at radius 2 is 2.35 bits per heavy atom. The van der Waals surface area contributed by atoms with E-state index in [1.165, 1.54) is 11.5 Å². The van der Waals surface area contributed by atoms with Crippen molar-refractivity contribution in [1.82, 2.24) is 20.4 Å². The van der Waals surface area contributed by atoms with Gasteiger partial charge in [-0.3, -0.25) is 10.2 Å². The molecule has 1 amide bonds. The molecule has 2 rings (SSSR count). The fraction of sp³-hybridized carbons (Fsp3) is 0.364. The van der Waals surface area contributed by atoms with Crippen molar-refractivity contribution in [2.75, 3.05) is 0 Å². The molecule has 2 aromatic rings. The molecule has 0 aliphatic rings. The van der Waals surface area contributed by atoms with Gasteiger partial charge in [-0.15, -0.1) is 5.10 Å². The highest BCUT2D eigenvalue weighted by Gasteiger charge is 2.12. The van der Waals surface area contributed by atoms with Crippen LogP contribution in [0.4, 0.5) is 0 Å². The van der Waals surface area contributed by atoms with Gasteiger partial charge < -0.3 is 0 Å². The second-order valence-corrected chi connectivity index (χ2v) is 4.59. The maximum absolute atomic E-state index is 12.0. The molecule has 0 spiro atoms. The third-order valence-corrected chi connectivity index (χ3v) is 3.34. The first-order chi connectivity index (χ1) is 8.22. The minimum atomic E-state index is -0.151. The molecule has 1 atom stereocenters. The first kappa shape index (κ1) is 11.9. The van der Waals surface area contributed by atoms with Crippen LogP contribution in [-0.2, 0) is 0 Å². The van der Waals surface area contributed by atoms with Crippen LogP contribution in [0.5, 0.6) is 0 Å². The molecule has 90 valence electrons. The highest BCUT2D eigenvalue weighted by Crippen LogP contribution is 2.19. The molecule has 0 saturated carbocycles. The van der Waals surface area contributed by atoms with Gasteiger partial charge >= 0.3 is 0 Å². The molecule has 0 bridgehead atoms. The lowest BCUT2D eigenvalue weighted by Gasteiger charge is -2.12. The average Bonchev–Trinajstić information content (AvgIpc) is 2.83. The fourth-order valence-corrected chi connectivity index (χ4v) is 2.01. The summed E-state index contributed by atoms with van der Waals surface area (Å²) in [5, 5.41) is 3.94. The van der Waals surface area contributed by atoms with Crippen molar-refractivity contribution in [3.8, 4) is 0 Å². The van der Waals surface area contributed by atoms with Gasteiger partial charge in [0.25, 0.3) is 5.91 Å². The minimum Gasteiger partial charge on any atom is -0.287 e. The Hall–Kier alpha value is -1.53. The van der Waals surface area contributed by atoms with Crippen molar-refractivity contribution < 1.29 is 4.79 Å². The van der Waals surface area contributed by atoms with Crippen molar-refractivity contribution in [3.63, 3.8) is 0 Å². The number of rotatable bonds is 4. The van der Waals surface area contributed by atoms with Crippen molar-refractivity contribution in [3.05, 3.63) is 23.8 Å². The maximum Gasteiger partial charge on any atom is 0.266 e. The normalized spacial score (nSPS) is 12.6. The van der Waals surface area contributed by atoms with E-state index in [4.69, 9.17) is 0 Å². The number of hydrazine groups is 1. The summed E-state index contributed by atoms with van der Waals surface area (Å²) in [5.41, 5.74) is 7.01. The van der Waals surface area contributed by atoms with E-state index in [-0.39, 0.29) is 11.9 Å². The molecule has 17 heavy (non-hydrogen) atoms. The van der Waals surface area contributed by atoms with Crippen LogP contribution in [0.15, 0.2) is 18.2 Å². The zero-order valence-electron chi connectivity index (χ0n) is 9.73. The van der Waals surface area contributed by atoms with Crippen molar-refractivity contribution in [2.24, 2.45) is 0 Å². The Morgan fingerprint density at radius 1 is 1.53 bits per heavy atom. The number of carbonyl (C=O) groups excluding carboxylic acids is 1. The topological polar surface area (TPSA) is 66.9 Å². The molecule has 1 heterocycles. The molecule has 1 unspecified atom stereocenters. The third-order valence-electron chi connectivity index (χ3n) is 2.56. The number of carbonyl (C=O) groups is 1. The molecule has 1 aromatic heterocycles. The number of aromatic nitrogens is 2. The molecule has 0 aliphatic heterocycles. The molecular weight excluding hydrogens is 236 g/mol. The Balaban J connectivity index is 2.16. The molecular formula is C11H14N4OS. The van der Waals surface area contributed by atoms with E-state index in [1.54, 1.807) is 6.07 Å². The van der Waals surface area contributed by atoms with E-state index in [9.17, 15) is 4.79 Å². The van der Waals surface area contributed by atoms with E-state index < -0.39 is 0 Å². The van der Waals surface area contributed by atoms with Crippen LogP contribution in [0.25, 0.3) is 10.2 Å². The van der Waals surface area contributed by atoms with Crippen LogP contribution in [-0.4, -0.2) is 21.5 Å². The summed E-state index contributed by atoms with van der Waals surface area (Å²) in [6.07, 6.45) is 0.951. The van der Waals surface area contributed by atoms with Crippen molar-refractivity contribution in [1.29, 1.82) is 0 Å². The zero-order valence-corrected chi connectivity index (χ0v) is 10.5. The summed E-state index contributed by atoms with van der Waals surface area (Å²) in [4.78, 5) is 12.0. The summed E-state index contributed by atoms with van der Waals surface area (Å²) < 4.78 is 4.66. The second kappa shape index (κ2) is 5.20. The van der Waals surface area contributed by atoms with Crippen molar-refractivity contribution in [2.45, 2.75) is 26.3 Å². The molecule has 6 heteroatoms. The van der Waals surface area contributed by atoms with Crippen LogP contribution in [0, 0.1) is 0 Å². The summed E-state index contributed by atoms with van der Waals surface area (Å²) in [5.74, 6) is -0.151. The highest BCUT2D eigenvalue weighted by atomic mass is 32.1. The Labute approximate surface area is 103 Å². The largest absolute Gasteiger partial charge is 0.287 e. The van der Waals surface area contributed by atoms with Crippen LogP contribution in [0.1, 0.15) is 30.6 Å². The van der Waals surface area contributed by atoms with Crippen LogP contribution in [0.3, 0.4) is 0 Å². The molecule has 0 aliphatic carbocycles. The second-order valence-electron chi connectivity index (χ2n) is 3.83. The van der Waals surface area contributed by atoms with E-state index >= 15 is 0 Å². The maximum atomic E-state index is 12.0. The molecule has 1 aromatic carbocycles. The lowest BCUT2D eigenvalue weighted by atomic mass is 10.2. The van der Waals surface area contributed by atoms with E-state index in [0.717, 1.165) is 16.6 Å². The predicted octanol–water partition coefficient (Wildman–Crippen LogP) is 1.72. The lowest BCUT2D eigenvalue weighted by Crippen LogP contribution is -2.42. The quantitative estimate of drug-likeness (QED) is 0.811. The number of amides is 1. The molecule has 2 N–H and O–H groups in total. The van der Waals surface area contributed by atoms with Gasteiger partial charge in [0.05, 0.1) is 10.3 Å². The predicted molar refractivity (Wildman–Crippen MR) is 67.8 cm³/mol. The van der Waals surface area contributed by atoms with Gasteiger partial charge in [0.2, 0.25) is 0 Å². The molecule has 0 fully saturated rings. The summed E-state index contributed by atoms with van der Waals surface area (Å²) >= 11 is 1.23. The molecule has 0 saturated heterocycles. The number of benzene rings is 1. The fourth-order valence-electron chi connectivity index (χ4n) is 1.34. The summed E-state index contributed by atoms with van der Waals surface area (Å²) in [7, 11) is 0. The van der Waals surface area contributed by atoms with E-state index in [0.29, 0.717) is 5.56 Å². The Kier molecular flexibility index (Phi) is 3.65. The number of fused-ring (bicyclic) bond motifs is 1. The lowest BCUT2D eigenvalue weighted by molar-refractivity contribution is 0.0928. The summed E-state index contributed by atoms with van der Waals surface area (Å²) in [6.45, 7) is 4.06. The van der Waals surface area contributed by atoms with Gasteiger partial charge in [0, 0.05) is 6.04 Å². The first-order valence-corrected chi connectivity index (χ1v) is 6.26. The Morgan fingerprint density at radius 3 is 3.12 bits per heavy atom. The van der Waals surface area contributed by atoms with Gasteiger partial charge in [-0.25, -0.2) is 5.43 Å². The minimum absolute atomic E-state index is 0.151. The van der Waals surface area contributed by atoms with Gasteiger partial charge in [0.15, 0.2) is 0 Å². The van der Waals surface area contributed by atoms with E-state index in [2.05, 4.69) is 27.4 Å². The zero-order chi connectivity index (χ0) is 12.3. The van der Waals surface area contributed by atoms with Crippen LogP contribution in [0.2, 0.25) is 0 Å². The van der Waals surface area contributed by atoms with Gasteiger partial charge in [-0.05, 0) is 37.0 Å². The third kappa shape index (κ3) is 2.59. The van der Waals surface area contributed by atoms with E-state index in [1.807, 2.05) is 19.1 Å². The Bertz CT molecular complexity index is 525. The van der Waals surface area contributed by atoms with Gasteiger partial charge in [-0.2, -0.15) is 0 Å². The van der Waals surface area contributed by atoms with Crippen LogP contribution >= 0.6 is 11.5 Å². The number of nitrogens with zero attached hydrogens (tertiary/aromatic N) is 2. The van der Waals surface area contributed by atoms with Crippen molar-refractivity contribution >= 4 is 27.7 Å². The number of nitrogens with one attached hydrogen (secondary N) is 2. The SMILES string of the molecule is CCC(C)NNC(=O)c1cccc2nnsc12. The standard InChI is InChI=1S/C11H14N4OS/c1-3-7(2)12-14-11(16)8-5-4-6-9-10(8)17-15-13-9/h4-7,12H,3H2,1-2H3,(H,14,16). The number of hydrogen-bond acceptors (Lipinski definition) is 5. The molecule has 5 nitrogen and oxygen atoms in total.